The van der Waals surface area contributed by atoms with E-state index in [1.807, 2.05) is 6.07 Å². The monoisotopic (exact) mass is 870 g/mol. The predicted octanol–water partition coefficient (Wildman–Crippen LogP) is 16.5. The first kappa shape index (κ1) is 38.5. The van der Waals surface area contributed by atoms with E-state index in [9.17, 15) is 0 Å². The van der Waals surface area contributed by atoms with E-state index in [-0.39, 0.29) is 5.92 Å². The lowest BCUT2D eigenvalue weighted by Gasteiger charge is -2.22. The van der Waals surface area contributed by atoms with Crippen LogP contribution in [0.1, 0.15) is 24.5 Å². The molecule has 0 aliphatic carbocycles. The Labute approximate surface area is 391 Å². The van der Waals surface area contributed by atoms with Gasteiger partial charge in [0.05, 0.1) is 33.5 Å². The van der Waals surface area contributed by atoms with E-state index in [2.05, 4.69) is 228 Å². The van der Waals surface area contributed by atoms with Crippen molar-refractivity contribution >= 4 is 104 Å². The molecule has 4 heterocycles. The van der Waals surface area contributed by atoms with Gasteiger partial charge in [-0.05, 0) is 93.7 Å². The third-order valence-electron chi connectivity index (χ3n) is 14.1. The Bertz CT molecular complexity index is 4260. The number of furan rings is 1. The van der Waals surface area contributed by atoms with Crippen LogP contribution in [0.3, 0.4) is 0 Å². The molecular weight excluding hydrogens is 829 g/mol. The number of nitrogens with zero attached hydrogens (tertiary/aromatic N) is 4. The molecule has 3 aromatic heterocycles. The van der Waals surface area contributed by atoms with Gasteiger partial charge in [0.15, 0.2) is 5.84 Å². The van der Waals surface area contributed by atoms with Crippen molar-refractivity contribution in [2.45, 2.75) is 13.3 Å². The van der Waals surface area contributed by atoms with Crippen LogP contribution in [0.25, 0.3) is 110 Å². The van der Waals surface area contributed by atoms with Crippen molar-refractivity contribution in [1.82, 2.24) is 9.13 Å². The lowest BCUT2D eigenvalue weighted by Crippen LogP contribution is -2.23. The summed E-state index contributed by atoms with van der Waals surface area (Å²) in [6.45, 7) is 2.30. The van der Waals surface area contributed by atoms with Gasteiger partial charge in [-0.25, -0.2) is 9.98 Å². The summed E-state index contributed by atoms with van der Waals surface area (Å²) in [5, 5.41) is 11.8. The molecule has 1 aliphatic rings. The summed E-state index contributed by atoms with van der Waals surface area (Å²) in [6, 6.07) is 76.1. The van der Waals surface area contributed by atoms with E-state index < -0.39 is 0 Å². The van der Waals surface area contributed by atoms with Crippen LogP contribution in [0.2, 0.25) is 0 Å². The molecule has 13 aromatic rings. The van der Waals surface area contributed by atoms with Crippen molar-refractivity contribution in [3.63, 3.8) is 0 Å². The molecule has 10 aromatic carbocycles. The Morgan fingerprint density at radius 2 is 1.07 bits per heavy atom. The highest BCUT2D eigenvalue weighted by atomic mass is 16.3. The second kappa shape index (κ2) is 15.1. The predicted molar refractivity (Wildman–Crippen MR) is 286 cm³/mol. The van der Waals surface area contributed by atoms with E-state index in [0.717, 1.165) is 83.5 Å². The summed E-state index contributed by atoms with van der Waals surface area (Å²) >= 11 is 0. The number of para-hydroxylation sites is 3. The maximum absolute atomic E-state index is 6.73. The number of benzene rings is 10. The van der Waals surface area contributed by atoms with E-state index >= 15 is 0 Å². The normalized spacial score (nSPS) is 15.4. The van der Waals surface area contributed by atoms with Crippen molar-refractivity contribution < 1.29 is 4.42 Å². The summed E-state index contributed by atoms with van der Waals surface area (Å²) in [7, 11) is 0. The van der Waals surface area contributed by atoms with Crippen LogP contribution in [0.15, 0.2) is 233 Å². The number of aromatic nitrogens is 2. The molecule has 0 radical (unpaired) electrons. The lowest BCUT2D eigenvalue weighted by molar-refractivity contribution is 0.669. The van der Waals surface area contributed by atoms with Gasteiger partial charge >= 0.3 is 0 Å². The van der Waals surface area contributed by atoms with Crippen LogP contribution < -0.4 is 0 Å². The van der Waals surface area contributed by atoms with Gasteiger partial charge in [-0.15, -0.1) is 0 Å². The summed E-state index contributed by atoms with van der Waals surface area (Å²) in [5.74, 6) is 1.60. The van der Waals surface area contributed by atoms with Gasteiger partial charge in [0, 0.05) is 49.4 Å². The van der Waals surface area contributed by atoms with Gasteiger partial charge < -0.3 is 8.98 Å². The molecule has 0 bridgehead atoms. The number of hydrogen-bond acceptors (Lipinski definition) is 3. The molecule has 320 valence electrons. The number of fused-ring (bicyclic) bond motifs is 12. The number of allylic oxidation sites excluding steroid dienone is 1. The molecule has 68 heavy (non-hydrogen) atoms. The maximum atomic E-state index is 6.73. The van der Waals surface area contributed by atoms with E-state index in [1.54, 1.807) is 0 Å². The molecule has 1 aliphatic heterocycles. The first-order chi connectivity index (χ1) is 33.6. The molecule has 1 unspecified atom stereocenters. The highest BCUT2D eigenvalue weighted by Crippen LogP contribution is 2.45. The Morgan fingerprint density at radius 1 is 0.426 bits per heavy atom. The SMILES string of the molecule is CC1C/C=C(\c2c(-n3c4cc5ccccc5cc4c4c5ccccc5ccc43)ccc3oc4ccccc4c23)N=C(c2cccc(-c3ccccc3)c2)N=C1n1c2ccccc2c2ccccc21. The zero-order valence-corrected chi connectivity index (χ0v) is 37.3. The second-order valence-corrected chi connectivity index (χ2v) is 18.1. The van der Waals surface area contributed by atoms with Crippen molar-refractivity contribution in [2.75, 3.05) is 0 Å². The summed E-state index contributed by atoms with van der Waals surface area (Å²) < 4.78 is 11.6. The van der Waals surface area contributed by atoms with Crippen LogP contribution in [0.5, 0.6) is 0 Å². The Balaban J connectivity index is 1.10. The summed E-state index contributed by atoms with van der Waals surface area (Å²) in [6.07, 6.45) is 3.05. The van der Waals surface area contributed by atoms with E-state index in [1.165, 1.54) is 43.1 Å². The van der Waals surface area contributed by atoms with Crippen molar-refractivity contribution in [3.8, 4) is 16.8 Å². The van der Waals surface area contributed by atoms with E-state index in [4.69, 9.17) is 14.4 Å². The smallest absolute Gasteiger partial charge is 0.161 e. The zero-order valence-electron chi connectivity index (χ0n) is 37.3. The average molecular weight is 871 g/mol. The van der Waals surface area contributed by atoms with Gasteiger partial charge in [0.2, 0.25) is 0 Å². The topological polar surface area (TPSA) is 47.7 Å². The summed E-state index contributed by atoms with van der Waals surface area (Å²) in [5.41, 5.74) is 12.2. The first-order valence-electron chi connectivity index (χ1n) is 23.5. The molecule has 0 spiro atoms. The van der Waals surface area contributed by atoms with Crippen molar-refractivity contribution in [2.24, 2.45) is 15.9 Å². The zero-order chi connectivity index (χ0) is 44.9. The third kappa shape index (κ3) is 5.89. The number of amidine groups is 1. The molecule has 0 saturated heterocycles. The van der Waals surface area contributed by atoms with Crippen molar-refractivity contribution in [1.29, 1.82) is 0 Å². The third-order valence-corrected chi connectivity index (χ3v) is 14.1. The molecule has 1 atom stereocenters. The van der Waals surface area contributed by atoms with Crippen molar-refractivity contribution in [3.05, 3.63) is 230 Å². The van der Waals surface area contributed by atoms with Crippen LogP contribution >= 0.6 is 0 Å². The summed E-state index contributed by atoms with van der Waals surface area (Å²) in [4.78, 5) is 11.6. The molecule has 0 fully saturated rings. The van der Waals surface area contributed by atoms with Gasteiger partial charge in [-0.1, -0.05) is 171 Å². The fraction of sp³-hybridized carbons (Fsp3) is 0.0476. The number of hydrogen-bond donors (Lipinski definition) is 0. The maximum Gasteiger partial charge on any atom is 0.161 e. The lowest BCUT2D eigenvalue weighted by atomic mass is 9.97. The van der Waals surface area contributed by atoms with Gasteiger partial charge in [0.1, 0.15) is 17.0 Å². The molecule has 0 amide bonds. The molecule has 0 N–H and O–H groups in total. The van der Waals surface area contributed by atoms with Crippen LogP contribution in [-0.2, 0) is 0 Å². The van der Waals surface area contributed by atoms with Gasteiger partial charge in [0.25, 0.3) is 0 Å². The second-order valence-electron chi connectivity index (χ2n) is 18.1. The number of aliphatic imine (C=N–C) groups is 2. The Hall–Kier alpha value is -8.80. The fourth-order valence-corrected chi connectivity index (χ4v) is 11.0. The van der Waals surface area contributed by atoms with Gasteiger partial charge in [-0.2, -0.15) is 0 Å². The van der Waals surface area contributed by atoms with Gasteiger partial charge in [-0.3, -0.25) is 4.57 Å². The highest BCUT2D eigenvalue weighted by Gasteiger charge is 2.27. The minimum Gasteiger partial charge on any atom is -0.456 e. The van der Waals surface area contributed by atoms with E-state index in [0.29, 0.717) is 12.3 Å². The Morgan fingerprint density at radius 3 is 1.87 bits per heavy atom. The first-order valence-corrected chi connectivity index (χ1v) is 23.5. The largest absolute Gasteiger partial charge is 0.456 e. The number of rotatable bonds is 4. The minimum atomic E-state index is 0.00160. The molecule has 5 nitrogen and oxygen atoms in total. The molecule has 0 saturated carbocycles. The molecule has 5 heteroatoms. The minimum absolute atomic E-state index is 0.00160. The average Bonchev–Trinajstić information content (AvgIpc) is 4.05. The molecular formula is C63H42N4O. The highest BCUT2D eigenvalue weighted by molar-refractivity contribution is 6.24. The van der Waals surface area contributed by atoms with Crippen LogP contribution in [0.4, 0.5) is 0 Å². The fourth-order valence-electron chi connectivity index (χ4n) is 11.0. The quantitative estimate of drug-likeness (QED) is 0.174. The van der Waals surface area contributed by atoms with Crippen LogP contribution in [-0.4, -0.2) is 20.8 Å². The van der Waals surface area contributed by atoms with Crippen LogP contribution in [0, 0.1) is 5.92 Å². The standard InChI is InChI=1S/C63H42N4O/c1-39-30-32-51(64-62(45-22-15-21-42(36-45)40-16-3-2-4-17-40)65-63(39)67-52-27-12-9-24-47(52)48-25-10-13-28-53(48)67)61-55(34-35-58-60(61)49-26-11-14-29-57(49)68-58)66-54-33-31-41-18-7-8-23-46(41)59(54)50-37-43-19-5-6-20-44(43)38-56(50)66/h2-29,31-39H,30H2,1H3/b51-32+,64-62?,65-63?. The molecule has 14 rings (SSSR count). The Kier molecular flexibility index (Phi) is 8.56.